The molecule has 112 valence electrons. The van der Waals surface area contributed by atoms with Crippen molar-refractivity contribution in [3.8, 4) is 0 Å². The Hall–Kier alpha value is -1.10. The molecule has 5 nitrogen and oxygen atoms in total. The highest BCUT2D eigenvalue weighted by Gasteiger charge is 2.28. The number of carbonyl (C=O) groups is 2. The minimum Gasteiger partial charge on any atom is -0.481 e. The molecule has 0 aromatic carbocycles. The molecule has 5 heteroatoms. The molecule has 0 radical (unpaired) electrons. The number of rotatable bonds is 8. The zero-order chi connectivity index (χ0) is 15.1. The zero-order valence-electron chi connectivity index (χ0n) is 12.7. The van der Waals surface area contributed by atoms with E-state index in [1.807, 2.05) is 20.8 Å². The molecule has 0 spiro atoms. The van der Waals surface area contributed by atoms with Crippen LogP contribution in [0.25, 0.3) is 0 Å². The van der Waals surface area contributed by atoms with Crippen LogP contribution in [0.2, 0.25) is 0 Å². The molecule has 0 aliphatic heterocycles. The fourth-order valence-corrected chi connectivity index (χ4v) is 1.65. The van der Waals surface area contributed by atoms with Gasteiger partial charge in [-0.05, 0) is 18.4 Å². The van der Waals surface area contributed by atoms with Crippen LogP contribution in [-0.2, 0) is 9.59 Å². The van der Waals surface area contributed by atoms with Gasteiger partial charge in [0.05, 0.1) is 6.42 Å². The SMILES string of the molecule is CC(C)NCCCC(=O)NC(CC(=O)O)C(C)(C)C. The molecule has 1 amide bonds. The molecule has 0 bridgehead atoms. The molecular formula is C14H28N2O3. The minimum atomic E-state index is -0.887. The van der Waals surface area contributed by atoms with Gasteiger partial charge < -0.3 is 15.7 Å². The van der Waals surface area contributed by atoms with E-state index in [-0.39, 0.29) is 23.8 Å². The Balaban J connectivity index is 4.14. The smallest absolute Gasteiger partial charge is 0.305 e. The molecule has 3 N–H and O–H groups in total. The summed E-state index contributed by atoms with van der Waals surface area (Å²) in [7, 11) is 0. The first kappa shape index (κ1) is 17.9. The number of carbonyl (C=O) groups excluding carboxylic acids is 1. The third kappa shape index (κ3) is 9.47. The monoisotopic (exact) mass is 272 g/mol. The van der Waals surface area contributed by atoms with Gasteiger partial charge in [-0.15, -0.1) is 0 Å². The van der Waals surface area contributed by atoms with Gasteiger partial charge in [0, 0.05) is 18.5 Å². The fraction of sp³-hybridized carbons (Fsp3) is 0.857. The highest BCUT2D eigenvalue weighted by molar-refractivity contribution is 5.77. The van der Waals surface area contributed by atoms with E-state index in [0.29, 0.717) is 12.5 Å². The highest BCUT2D eigenvalue weighted by atomic mass is 16.4. The number of hydrogen-bond donors (Lipinski definition) is 3. The maximum Gasteiger partial charge on any atom is 0.305 e. The van der Waals surface area contributed by atoms with Crippen LogP contribution in [0.5, 0.6) is 0 Å². The predicted octanol–water partition coefficient (Wildman–Crippen LogP) is 1.77. The van der Waals surface area contributed by atoms with E-state index < -0.39 is 5.97 Å². The molecule has 1 unspecified atom stereocenters. The van der Waals surface area contributed by atoms with Crippen molar-refractivity contribution < 1.29 is 14.7 Å². The number of hydrogen-bond acceptors (Lipinski definition) is 3. The first-order chi connectivity index (χ1) is 8.62. The lowest BCUT2D eigenvalue weighted by molar-refractivity contribution is -0.138. The Morgan fingerprint density at radius 3 is 2.21 bits per heavy atom. The van der Waals surface area contributed by atoms with Gasteiger partial charge in [0.2, 0.25) is 5.91 Å². The molecule has 0 heterocycles. The van der Waals surface area contributed by atoms with E-state index in [9.17, 15) is 9.59 Å². The zero-order valence-corrected chi connectivity index (χ0v) is 12.7. The number of nitrogens with one attached hydrogen (secondary N) is 2. The lowest BCUT2D eigenvalue weighted by Crippen LogP contribution is -2.45. The number of amides is 1. The predicted molar refractivity (Wildman–Crippen MR) is 76.0 cm³/mol. The summed E-state index contributed by atoms with van der Waals surface area (Å²) in [4.78, 5) is 22.6. The minimum absolute atomic E-state index is 0.0422. The Morgan fingerprint density at radius 2 is 1.79 bits per heavy atom. The standard InChI is InChI=1S/C14H28N2O3/c1-10(2)15-8-6-7-12(17)16-11(9-13(18)19)14(3,4)5/h10-11,15H,6-9H2,1-5H3,(H,16,17)(H,18,19). The van der Waals surface area contributed by atoms with Crippen LogP contribution in [0.15, 0.2) is 0 Å². The summed E-state index contributed by atoms with van der Waals surface area (Å²) in [5.41, 5.74) is -0.260. The normalized spacial score (nSPS) is 13.4. The fourth-order valence-electron chi connectivity index (χ4n) is 1.65. The van der Waals surface area contributed by atoms with Crippen molar-refractivity contribution in [3.63, 3.8) is 0 Å². The summed E-state index contributed by atoms with van der Waals surface area (Å²) in [6.45, 7) is 10.7. The Kier molecular flexibility index (Phi) is 7.68. The molecule has 19 heavy (non-hydrogen) atoms. The van der Waals surface area contributed by atoms with Gasteiger partial charge in [-0.3, -0.25) is 9.59 Å². The average molecular weight is 272 g/mol. The Morgan fingerprint density at radius 1 is 1.21 bits per heavy atom. The van der Waals surface area contributed by atoms with Crippen LogP contribution >= 0.6 is 0 Å². The lowest BCUT2D eigenvalue weighted by Gasteiger charge is -2.30. The Labute approximate surface area is 116 Å². The highest BCUT2D eigenvalue weighted by Crippen LogP contribution is 2.22. The number of carboxylic acids is 1. The van der Waals surface area contributed by atoms with Gasteiger partial charge in [0.1, 0.15) is 0 Å². The molecule has 0 aromatic rings. The van der Waals surface area contributed by atoms with Crippen LogP contribution in [0.1, 0.15) is 53.9 Å². The quantitative estimate of drug-likeness (QED) is 0.588. The first-order valence-corrected chi connectivity index (χ1v) is 6.87. The van der Waals surface area contributed by atoms with Crippen molar-refractivity contribution in [2.24, 2.45) is 5.41 Å². The van der Waals surface area contributed by atoms with E-state index in [4.69, 9.17) is 5.11 Å². The second-order valence-corrected chi connectivity index (χ2v) is 6.30. The van der Waals surface area contributed by atoms with Crippen molar-refractivity contribution in [3.05, 3.63) is 0 Å². The van der Waals surface area contributed by atoms with Crippen molar-refractivity contribution in [1.29, 1.82) is 0 Å². The van der Waals surface area contributed by atoms with Crippen LogP contribution < -0.4 is 10.6 Å². The van der Waals surface area contributed by atoms with Gasteiger partial charge in [-0.25, -0.2) is 0 Å². The van der Waals surface area contributed by atoms with Crippen LogP contribution in [0, 0.1) is 5.41 Å². The molecule has 0 fully saturated rings. The van der Waals surface area contributed by atoms with E-state index in [1.165, 1.54) is 0 Å². The summed E-state index contributed by atoms with van der Waals surface area (Å²) >= 11 is 0. The summed E-state index contributed by atoms with van der Waals surface area (Å²) in [6, 6.07) is 0.0768. The second-order valence-electron chi connectivity index (χ2n) is 6.30. The van der Waals surface area contributed by atoms with E-state index in [1.54, 1.807) is 0 Å². The van der Waals surface area contributed by atoms with Crippen molar-refractivity contribution >= 4 is 11.9 Å². The van der Waals surface area contributed by atoms with Crippen LogP contribution in [0.4, 0.5) is 0 Å². The van der Waals surface area contributed by atoms with Crippen LogP contribution in [0.3, 0.4) is 0 Å². The lowest BCUT2D eigenvalue weighted by atomic mass is 9.84. The van der Waals surface area contributed by atoms with Crippen molar-refractivity contribution in [2.45, 2.75) is 66.0 Å². The summed E-state index contributed by atoms with van der Waals surface area (Å²) in [5, 5.41) is 14.9. The molecular weight excluding hydrogens is 244 g/mol. The second kappa shape index (κ2) is 8.15. The molecule has 0 saturated carbocycles. The van der Waals surface area contributed by atoms with Gasteiger partial charge in [-0.2, -0.15) is 0 Å². The van der Waals surface area contributed by atoms with Gasteiger partial charge >= 0.3 is 5.97 Å². The van der Waals surface area contributed by atoms with Gasteiger partial charge in [0.15, 0.2) is 0 Å². The van der Waals surface area contributed by atoms with Crippen molar-refractivity contribution in [1.82, 2.24) is 10.6 Å². The molecule has 0 aliphatic rings. The molecule has 0 aromatic heterocycles. The van der Waals surface area contributed by atoms with Gasteiger partial charge in [-0.1, -0.05) is 34.6 Å². The molecule has 1 atom stereocenters. The number of carboxylic acid groups (broad SMARTS) is 1. The largest absolute Gasteiger partial charge is 0.481 e. The Bertz CT molecular complexity index is 296. The molecule has 0 saturated heterocycles. The first-order valence-electron chi connectivity index (χ1n) is 6.87. The number of aliphatic carboxylic acids is 1. The third-order valence-electron chi connectivity index (χ3n) is 2.89. The van der Waals surface area contributed by atoms with E-state index in [2.05, 4.69) is 24.5 Å². The maximum atomic E-state index is 11.8. The van der Waals surface area contributed by atoms with Crippen LogP contribution in [-0.4, -0.2) is 35.6 Å². The maximum absolute atomic E-state index is 11.8. The third-order valence-corrected chi connectivity index (χ3v) is 2.89. The van der Waals surface area contributed by atoms with E-state index >= 15 is 0 Å². The molecule has 0 aliphatic carbocycles. The summed E-state index contributed by atoms with van der Waals surface area (Å²) in [6.07, 6.45) is 1.14. The summed E-state index contributed by atoms with van der Waals surface area (Å²) < 4.78 is 0. The topological polar surface area (TPSA) is 78.4 Å². The van der Waals surface area contributed by atoms with E-state index in [0.717, 1.165) is 13.0 Å². The van der Waals surface area contributed by atoms with Gasteiger partial charge in [0.25, 0.3) is 0 Å². The summed E-state index contributed by atoms with van der Waals surface area (Å²) in [5.74, 6) is -0.964. The molecule has 0 rings (SSSR count). The van der Waals surface area contributed by atoms with Crippen molar-refractivity contribution in [2.75, 3.05) is 6.54 Å². The average Bonchev–Trinajstić information content (AvgIpc) is 2.21.